The third-order valence-electron chi connectivity index (χ3n) is 4.01. The van der Waals surface area contributed by atoms with Crippen molar-refractivity contribution in [1.29, 1.82) is 5.41 Å². The molecule has 1 aliphatic rings. The maximum absolute atomic E-state index is 7.56. The molecule has 5 heteroatoms. The first-order chi connectivity index (χ1) is 9.63. The lowest BCUT2D eigenvalue weighted by Crippen LogP contribution is -2.26. The number of halogens is 1. The van der Waals surface area contributed by atoms with Crippen molar-refractivity contribution in [3.8, 4) is 0 Å². The van der Waals surface area contributed by atoms with Gasteiger partial charge in [0.05, 0.1) is 5.02 Å². The van der Waals surface area contributed by atoms with E-state index in [9.17, 15) is 0 Å². The van der Waals surface area contributed by atoms with E-state index in [0.29, 0.717) is 10.6 Å². The Hall–Kier alpha value is -1.29. The second-order valence-electron chi connectivity index (χ2n) is 5.48. The molecule has 20 heavy (non-hydrogen) atoms. The normalized spacial score (nSPS) is 19.7. The van der Waals surface area contributed by atoms with Gasteiger partial charge < -0.3 is 10.6 Å². The third kappa shape index (κ3) is 3.42. The summed E-state index contributed by atoms with van der Waals surface area (Å²) in [5.41, 5.74) is 6.13. The Kier molecular flexibility index (Phi) is 5.24. The van der Waals surface area contributed by atoms with Gasteiger partial charge in [0, 0.05) is 24.8 Å². The highest BCUT2D eigenvalue weighted by molar-refractivity contribution is 6.36. The fourth-order valence-electron chi connectivity index (χ4n) is 2.94. The smallest absolute Gasteiger partial charge is 0.148 e. The fraction of sp³-hybridized carbons (Fsp3) is 0.600. The van der Waals surface area contributed by atoms with E-state index in [1.54, 1.807) is 12.3 Å². The van der Waals surface area contributed by atoms with Crippen LogP contribution in [0.5, 0.6) is 0 Å². The number of rotatable bonds is 4. The lowest BCUT2D eigenvalue weighted by Gasteiger charge is -2.23. The number of nitrogens with one attached hydrogen (secondary N) is 1. The average molecular weight is 295 g/mol. The van der Waals surface area contributed by atoms with E-state index in [-0.39, 0.29) is 5.84 Å². The number of hydrogen-bond donors (Lipinski definition) is 2. The zero-order valence-electron chi connectivity index (χ0n) is 12.0. The van der Waals surface area contributed by atoms with E-state index >= 15 is 0 Å². The molecule has 0 bridgehead atoms. The van der Waals surface area contributed by atoms with E-state index in [4.69, 9.17) is 22.7 Å². The molecule has 1 aromatic rings. The third-order valence-corrected chi connectivity index (χ3v) is 4.38. The van der Waals surface area contributed by atoms with E-state index < -0.39 is 0 Å². The molecule has 1 aromatic heterocycles. The quantitative estimate of drug-likeness (QED) is 0.660. The number of pyridine rings is 1. The maximum Gasteiger partial charge on any atom is 0.148 e. The SMILES string of the molecule is CCCC1CCCN(c2nccc(C(=N)N)c2Cl)CC1. The van der Waals surface area contributed by atoms with Crippen LogP contribution in [0.15, 0.2) is 12.3 Å². The van der Waals surface area contributed by atoms with Gasteiger partial charge in [-0.2, -0.15) is 0 Å². The Morgan fingerprint density at radius 1 is 1.50 bits per heavy atom. The lowest BCUT2D eigenvalue weighted by molar-refractivity contribution is 0.435. The average Bonchev–Trinajstić information content (AvgIpc) is 2.65. The van der Waals surface area contributed by atoms with Crippen LogP contribution in [-0.4, -0.2) is 23.9 Å². The predicted octanol–water partition coefficient (Wildman–Crippen LogP) is 3.43. The monoisotopic (exact) mass is 294 g/mol. The molecule has 0 aromatic carbocycles. The van der Waals surface area contributed by atoms with Gasteiger partial charge in [0.15, 0.2) is 0 Å². The number of anilines is 1. The van der Waals surface area contributed by atoms with Crippen LogP contribution in [0, 0.1) is 11.3 Å². The highest BCUT2D eigenvalue weighted by Gasteiger charge is 2.20. The van der Waals surface area contributed by atoms with Gasteiger partial charge in [-0.3, -0.25) is 5.41 Å². The molecular weight excluding hydrogens is 272 g/mol. The second kappa shape index (κ2) is 6.93. The molecule has 2 rings (SSSR count). The van der Waals surface area contributed by atoms with Crippen molar-refractivity contribution in [3.63, 3.8) is 0 Å². The molecule has 4 nitrogen and oxygen atoms in total. The van der Waals surface area contributed by atoms with E-state index in [0.717, 1.165) is 24.8 Å². The molecule has 1 saturated heterocycles. The van der Waals surface area contributed by atoms with Crippen LogP contribution in [0.25, 0.3) is 0 Å². The highest BCUT2D eigenvalue weighted by Crippen LogP contribution is 2.30. The molecule has 110 valence electrons. The molecule has 3 N–H and O–H groups in total. The van der Waals surface area contributed by atoms with Crippen molar-refractivity contribution >= 4 is 23.3 Å². The Bertz CT molecular complexity index is 475. The topological polar surface area (TPSA) is 66.0 Å². The van der Waals surface area contributed by atoms with Crippen molar-refractivity contribution in [2.24, 2.45) is 11.7 Å². The van der Waals surface area contributed by atoms with Gasteiger partial charge in [0.2, 0.25) is 0 Å². The summed E-state index contributed by atoms with van der Waals surface area (Å²) in [4.78, 5) is 6.64. The summed E-state index contributed by atoms with van der Waals surface area (Å²) in [5.74, 6) is 1.59. The van der Waals surface area contributed by atoms with Gasteiger partial charge >= 0.3 is 0 Å². The summed E-state index contributed by atoms with van der Waals surface area (Å²) in [6.45, 7) is 4.21. The van der Waals surface area contributed by atoms with E-state index in [2.05, 4.69) is 16.8 Å². The number of nitrogens with two attached hydrogens (primary N) is 1. The van der Waals surface area contributed by atoms with Gasteiger partial charge in [0.25, 0.3) is 0 Å². The Labute approximate surface area is 125 Å². The molecule has 1 aliphatic heterocycles. The first kappa shape index (κ1) is 15.1. The largest absolute Gasteiger partial charge is 0.384 e. The van der Waals surface area contributed by atoms with E-state index in [1.807, 2.05) is 0 Å². The zero-order valence-corrected chi connectivity index (χ0v) is 12.8. The fourth-order valence-corrected chi connectivity index (χ4v) is 3.27. The molecule has 0 aliphatic carbocycles. The molecular formula is C15H23ClN4. The van der Waals surface area contributed by atoms with Gasteiger partial charge in [-0.25, -0.2) is 4.98 Å². The molecule has 0 saturated carbocycles. The number of hydrogen-bond acceptors (Lipinski definition) is 3. The van der Waals surface area contributed by atoms with Crippen LogP contribution >= 0.6 is 11.6 Å². The number of nitrogens with zero attached hydrogens (tertiary/aromatic N) is 2. The highest BCUT2D eigenvalue weighted by atomic mass is 35.5. The van der Waals surface area contributed by atoms with Crippen LogP contribution < -0.4 is 10.6 Å². The van der Waals surface area contributed by atoms with Crippen molar-refractivity contribution in [2.45, 2.75) is 39.0 Å². The van der Waals surface area contributed by atoms with Crippen LogP contribution in [0.3, 0.4) is 0 Å². The van der Waals surface area contributed by atoms with Gasteiger partial charge in [-0.15, -0.1) is 0 Å². The second-order valence-corrected chi connectivity index (χ2v) is 5.86. The molecule has 0 spiro atoms. The molecule has 0 amide bonds. The van der Waals surface area contributed by atoms with Gasteiger partial charge in [-0.1, -0.05) is 31.4 Å². The summed E-state index contributed by atoms with van der Waals surface area (Å²) in [6, 6.07) is 1.70. The van der Waals surface area contributed by atoms with Crippen molar-refractivity contribution in [3.05, 3.63) is 22.8 Å². The Morgan fingerprint density at radius 2 is 2.30 bits per heavy atom. The van der Waals surface area contributed by atoms with Crippen LogP contribution in [-0.2, 0) is 0 Å². The maximum atomic E-state index is 7.56. The van der Waals surface area contributed by atoms with Crippen molar-refractivity contribution in [1.82, 2.24) is 4.98 Å². The minimum absolute atomic E-state index is 0.00247. The van der Waals surface area contributed by atoms with Crippen LogP contribution in [0.4, 0.5) is 5.82 Å². The minimum Gasteiger partial charge on any atom is -0.384 e. The first-order valence-electron chi connectivity index (χ1n) is 7.37. The molecule has 1 atom stereocenters. The number of nitrogen functional groups attached to an aromatic ring is 1. The van der Waals surface area contributed by atoms with Gasteiger partial charge in [-0.05, 0) is 31.2 Å². The zero-order chi connectivity index (χ0) is 14.5. The molecule has 1 unspecified atom stereocenters. The summed E-state index contributed by atoms with van der Waals surface area (Å²) in [5, 5.41) is 8.07. The number of amidine groups is 1. The van der Waals surface area contributed by atoms with Crippen LogP contribution in [0.1, 0.15) is 44.6 Å². The molecule has 1 fully saturated rings. The predicted molar refractivity (Wildman–Crippen MR) is 84.7 cm³/mol. The van der Waals surface area contributed by atoms with Gasteiger partial charge in [0.1, 0.15) is 11.7 Å². The summed E-state index contributed by atoms with van der Waals surface area (Å²) >= 11 is 6.36. The Morgan fingerprint density at radius 3 is 3.00 bits per heavy atom. The standard InChI is InChI=1S/C15H23ClN4/c1-2-4-11-5-3-9-20(10-7-11)15-13(16)12(14(17)18)6-8-19-15/h6,8,11H,2-5,7,9-10H2,1H3,(H3,17,18). The van der Waals surface area contributed by atoms with Crippen molar-refractivity contribution in [2.75, 3.05) is 18.0 Å². The minimum atomic E-state index is -0.00247. The number of aromatic nitrogens is 1. The molecule has 0 radical (unpaired) electrons. The Balaban J connectivity index is 2.15. The molecule has 2 heterocycles. The van der Waals surface area contributed by atoms with Crippen molar-refractivity contribution < 1.29 is 0 Å². The van der Waals surface area contributed by atoms with Crippen LogP contribution in [0.2, 0.25) is 5.02 Å². The summed E-state index contributed by atoms with van der Waals surface area (Å²) in [7, 11) is 0. The lowest BCUT2D eigenvalue weighted by atomic mass is 9.96. The van der Waals surface area contributed by atoms with E-state index in [1.165, 1.54) is 32.1 Å². The summed E-state index contributed by atoms with van der Waals surface area (Å²) in [6.07, 6.45) is 7.90. The summed E-state index contributed by atoms with van der Waals surface area (Å²) < 4.78 is 0. The first-order valence-corrected chi connectivity index (χ1v) is 7.75.